The predicted octanol–water partition coefficient (Wildman–Crippen LogP) is 5.46. The molecule has 0 fully saturated rings. The Morgan fingerprint density at radius 2 is 1.19 bits per heavy atom. The molecule has 18 nitrogen and oxygen atoms in total. The molecule has 384 valence electrons. The van der Waals surface area contributed by atoms with Crippen LogP contribution in [0.2, 0.25) is 0 Å². The summed E-state index contributed by atoms with van der Waals surface area (Å²) in [4.78, 5) is 107. The van der Waals surface area contributed by atoms with Crippen LogP contribution in [-0.4, -0.2) is 102 Å². The maximum absolute atomic E-state index is 13.5. The molecular formula is C51H77N5O13. The molecule has 69 heavy (non-hydrogen) atoms. The minimum absolute atomic E-state index is 0.00797. The number of hydrogen-bond donors (Lipinski definition) is 5. The lowest BCUT2D eigenvalue weighted by Crippen LogP contribution is -2.53. The van der Waals surface area contributed by atoms with E-state index >= 15 is 0 Å². The maximum atomic E-state index is 13.5. The fraction of sp³-hybridized carbons (Fsp3) is 0.608. The van der Waals surface area contributed by atoms with Crippen LogP contribution in [0.15, 0.2) is 54.6 Å². The van der Waals surface area contributed by atoms with Crippen molar-refractivity contribution in [3.8, 4) is 5.75 Å². The number of nitrogens with one attached hydrogen (secondary N) is 4. The summed E-state index contributed by atoms with van der Waals surface area (Å²) in [6.07, 6.45) is 2.36. The molecule has 0 aliphatic carbocycles. The highest BCUT2D eigenvalue weighted by atomic mass is 16.6. The number of nitrogens with two attached hydrogens (primary N) is 1. The number of hydrogen-bond acceptors (Lipinski definition) is 14. The highest BCUT2D eigenvalue weighted by molar-refractivity contribution is 5.88. The lowest BCUT2D eigenvalue weighted by Gasteiger charge is -2.32. The average Bonchev–Trinajstić information content (AvgIpc) is 3.22. The van der Waals surface area contributed by atoms with E-state index in [2.05, 4.69) is 21.3 Å². The van der Waals surface area contributed by atoms with Crippen LogP contribution in [0.5, 0.6) is 5.75 Å². The van der Waals surface area contributed by atoms with Gasteiger partial charge in [0, 0.05) is 31.8 Å². The molecule has 0 saturated heterocycles. The number of ether oxygens (including phenoxy) is 4. The Kier molecular flexibility index (Phi) is 25.6. The van der Waals surface area contributed by atoms with E-state index in [1.807, 2.05) is 51.1 Å². The highest BCUT2D eigenvalue weighted by Gasteiger charge is 2.32. The topological polar surface area (TPSA) is 265 Å². The Hall–Kier alpha value is -6.13. The summed E-state index contributed by atoms with van der Waals surface area (Å²) in [6.45, 7) is 21.4. The SMILES string of the molecule is CC(C)(C)OC(=O)CC[C@H](NC(=O)N[C@@H](CCCCNC(=O)[C@H](Cc1ccccc1)NC(=O)COc1ccc(C[C@H](CC(=O)CN)C(=O)OC(C)(C)C)cc1)C(C)(C)C)C(=O)OC(C)(C)C.O=C=O. The summed E-state index contributed by atoms with van der Waals surface area (Å²) in [5.74, 6) is -3.07. The van der Waals surface area contributed by atoms with Gasteiger partial charge in [0.1, 0.15) is 40.4 Å². The molecule has 4 amide bonds. The Bertz CT molecular complexity index is 1990. The first-order valence-corrected chi connectivity index (χ1v) is 23.2. The van der Waals surface area contributed by atoms with Gasteiger partial charge in [-0.3, -0.25) is 24.0 Å². The number of urea groups is 1. The first-order valence-electron chi connectivity index (χ1n) is 23.2. The van der Waals surface area contributed by atoms with Crippen LogP contribution in [-0.2, 0) is 65.4 Å². The molecule has 0 aliphatic heterocycles. The van der Waals surface area contributed by atoms with Crippen LogP contribution >= 0.6 is 0 Å². The van der Waals surface area contributed by atoms with Crippen molar-refractivity contribution in [2.75, 3.05) is 19.7 Å². The van der Waals surface area contributed by atoms with Crippen molar-refractivity contribution in [3.63, 3.8) is 0 Å². The van der Waals surface area contributed by atoms with Crippen LogP contribution in [0.1, 0.15) is 133 Å². The number of carbonyl (C=O) groups excluding carboxylic acids is 9. The molecule has 0 radical (unpaired) electrons. The molecule has 2 aromatic rings. The quantitative estimate of drug-likeness (QED) is 0.0497. The molecule has 0 saturated carbocycles. The number of ketones is 1. The molecule has 0 unspecified atom stereocenters. The smallest absolute Gasteiger partial charge is 0.373 e. The Balaban J connectivity index is 0.00000772. The molecule has 0 spiro atoms. The van der Waals surface area contributed by atoms with E-state index in [-0.39, 0.29) is 74.6 Å². The van der Waals surface area contributed by atoms with Gasteiger partial charge in [0.25, 0.3) is 5.91 Å². The number of rotatable bonds is 24. The molecule has 6 N–H and O–H groups in total. The van der Waals surface area contributed by atoms with Crippen molar-refractivity contribution < 1.29 is 62.1 Å². The molecule has 2 rings (SSSR count). The summed E-state index contributed by atoms with van der Waals surface area (Å²) in [5.41, 5.74) is 4.53. The number of unbranched alkanes of at least 4 members (excludes halogenated alkanes) is 1. The maximum Gasteiger partial charge on any atom is 0.373 e. The third kappa shape index (κ3) is 28.1. The second kappa shape index (κ2) is 29.0. The van der Waals surface area contributed by atoms with Crippen molar-refractivity contribution in [2.45, 2.75) is 169 Å². The van der Waals surface area contributed by atoms with Gasteiger partial charge in [-0.1, -0.05) is 63.2 Å². The monoisotopic (exact) mass is 968 g/mol. The van der Waals surface area contributed by atoms with E-state index in [1.54, 1.807) is 86.6 Å². The molecular weight excluding hydrogens is 891 g/mol. The minimum atomic E-state index is -1.09. The fourth-order valence-corrected chi connectivity index (χ4v) is 6.60. The van der Waals surface area contributed by atoms with E-state index in [0.29, 0.717) is 31.6 Å². The number of esters is 3. The van der Waals surface area contributed by atoms with E-state index < -0.39 is 64.7 Å². The molecule has 4 atom stereocenters. The summed E-state index contributed by atoms with van der Waals surface area (Å²) < 4.78 is 22.2. The Morgan fingerprint density at radius 1 is 0.638 bits per heavy atom. The van der Waals surface area contributed by atoms with Gasteiger partial charge < -0.3 is 45.9 Å². The van der Waals surface area contributed by atoms with Crippen LogP contribution in [0.4, 0.5) is 4.79 Å². The largest absolute Gasteiger partial charge is 0.484 e. The van der Waals surface area contributed by atoms with Gasteiger partial charge in [0.05, 0.1) is 12.5 Å². The summed E-state index contributed by atoms with van der Waals surface area (Å²) in [5, 5.41) is 11.5. The van der Waals surface area contributed by atoms with Crippen molar-refractivity contribution in [2.24, 2.45) is 17.1 Å². The number of Topliss-reactive ketones (excluding diaryl/α,β-unsaturated/α-hetero) is 1. The van der Waals surface area contributed by atoms with Gasteiger partial charge in [-0.05, 0) is 123 Å². The number of benzene rings is 2. The Morgan fingerprint density at radius 3 is 1.72 bits per heavy atom. The van der Waals surface area contributed by atoms with Crippen LogP contribution in [0.25, 0.3) is 0 Å². The average molecular weight is 968 g/mol. The second-order valence-corrected chi connectivity index (χ2v) is 20.7. The zero-order chi connectivity index (χ0) is 52.6. The minimum Gasteiger partial charge on any atom is -0.484 e. The molecule has 2 aromatic carbocycles. The van der Waals surface area contributed by atoms with Crippen molar-refractivity contribution in [1.82, 2.24) is 21.3 Å². The first-order chi connectivity index (χ1) is 31.9. The number of amides is 4. The van der Waals surface area contributed by atoms with Crippen LogP contribution in [0, 0.1) is 11.3 Å². The molecule has 0 aromatic heterocycles. The molecule has 0 heterocycles. The van der Waals surface area contributed by atoms with E-state index in [4.69, 9.17) is 34.3 Å². The summed E-state index contributed by atoms with van der Waals surface area (Å²) in [7, 11) is 0. The highest BCUT2D eigenvalue weighted by Crippen LogP contribution is 2.24. The van der Waals surface area contributed by atoms with Gasteiger partial charge >= 0.3 is 30.1 Å². The normalized spacial score (nSPS) is 13.3. The Labute approximate surface area is 407 Å². The zero-order valence-electron chi connectivity index (χ0n) is 42.7. The van der Waals surface area contributed by atoms with E-state index in [0.717, 1.165) is 11.1 Å². The van der Waals surface area contributed by atoms with Crippen molar-refractivity contribution in [1.29, 1.82) is 0 Å². The van der Waals surface area contributed by atoms with E-state index in [1.165, 1.54) is 0 Å². The zero-order valence-corrected chi connectivity index (χ0v) is 42.7. The fourth-order valence-electron chi connectivity index (χ4n) is 6.60. The first kappa shape index (κ1) is 60.9. The van der Waals surface area contributed by atoms with Gasteiger partial charge in [0.2, 0.25) is 5.91 Å². The van der Waals surface area contributed by atoms with Crippen molar-refractivity contribution in [3.05, 3.63) is 65.7 Å². The lowest BCUT2D eigenvalue weighted by molar-refractivity contribution is -0.192. The van der Waals surface area contributed by atoms with Gasteiger partial charge in [-0.15, -0.1) is 0 Å². The van der Waals surface area contributed by atoms with Gasteiger partial charge in [-0.25, -0.2) is 9.59 Å². The lowest BCUT2D eigenvalue weighted by atomic mass is 9.84. The molecule has 0 aliphatic rings. The summed E-state index contributed by atoms with van der Waals surface area (Å²) >= 11 is 0. The third-order valence-corrected chi connectivity index (χ3v) is 9.77. The number of carbonyl (C=O) groups is 7. The van der Waals surface area contributed by atoms with Crippen molar-refractivity contribution >= 4 is 47.7 Å². The van der Waals surface area contributed by atoms with Crippen LogP contribution < -0.4 is 31.7 Å². The molecule has 18 heteroatoms. The summed E-state index contributed by atoms with van der Waals surface area (Å²) in [6, 6.07) is 13.3. The van der Waals surface area contributed by atoms with Gasteiger partial charge in [0.15, 0.2) is 6.61 Å². The third-order valence-electron chi connectivity index (χ3n) is 9.77. The van der Waals surface area contributed by atoms with Gasteiger partial charge in [-0.2, -0.15) is 9.59 Å². The predicted molar refractivity (Wildman–Crippen MR) is 257 cm³/mol. The standard InChI is InChI=1S/C50H77N5O11.CO2/c1-47(2,3)40(55-46(62)54-38(45(61)66-50(10,11)12)25-26-42(58)64-48(4,5)6)20-16-17-27-52-43(59)39(29-33-18-14-13-15-19-33)53-41(57)32-63-37-23-21-34(22-24-37)28-35(30-36(56)31-51)44(60)65-49(7,8)9;2-1-3/h13-15,18-19,21-24,35,38-40H,16-17,20,25-32,51H2,1-12H3,(H,52,59)(H,53,57)(H2,54,55,62);/t35-,38+,39+,40+;/m1./s1. The second-order valence-electron chi connectivity index (χ2n) is 20.7. The molecule has 0 bridgehead atoms. The van der Waals surface area contributed by atoms with Crippen LogP contribution in [0.3, 0.4) is 0 Å². The van der Waals surface area contributed by atoms with E-state index in [9.17, 15) is 33.6 Å².